The van der Waals surface area contributed by atoms with Crippen LogP contribution in [-0.4, -0.2) is 39.4 Å². The first-order valence-electron chi connectivity index (χ1n) is 8.88. The number of hydrogen-bond acceptors (Lipinski definition) is 5. The summed E-state index contributed by atoms with van der Waals surface area (Å²) in [5.74, 6) is 0.329. The number of nitrogens with zero attached hydrogens (tertiary/aromatic N) is 4. The molecule has 1 amide bonds. The average Bonchev–Trinajstić information content (AvgIpc) is 2.71. The third kappa shape index (κ3) is 5.34. The van der Waals surface area contributed by atoms with Crippen LogP contribution in [0.5, 0.6) is 0 Å². The Morgan fingerprint density at radius 2 is 1.89 bits per heavy atom. The molecule has 2 heterocycles. The highest BCUT2D eigenvalue weighted by Crippen LogP contribution is 2.09. The van der Waals surface area contributed by atoms with Crippen molar-refractivity contribution in [3.05, 3.63) is 83.4 Å². The first-order chi connectivity index (χ1) is 13.1. The molecule has 1 aromatic carbocycles. The van der Waals surface area contributed by atoms with E-state index in [0.717, 1.165) is 17.5 Å². The van der Waals surface area contributed by atoms with E-state index in [1.807, 2.05) is 24.3 Å². The molecule has 0 aliphatic carbocycles. The van der Waals surface area contributed by atoms with Gasteiger partial charge in [-0.1, -0.05) is 29.8 Å². The standard InChI is InChI=1S/C21H23N5O/c1-16-4-3-5-18(14-16)15-24-21-23-12-8-19(25-21)20(27)26(2)13-9-17-6-10-22-11-7-17/h3-8,10-12,14H,9,13,15H2,1-2H3,(H,23,24,25). The third-order valence-corrected chi connectivity index (χ3v) is 4.24. The molecule has 0 aliphatic heterocycles. The fraction of sp³-hybridized carbons (Fsp3) is 0.238. The summed E-state index contributed by atoms with van der Waals surface area (Å²) in [4.78, 5) is 26.9. The summed E-state index contributed by atoms with van der Waals surface area (Å²) in [6, 6.07) is 13.8. The SMILES string of the molecule is Cc1cccc(CNc2nccc(C(=O)N(C)CCc3ccncc3)n2)c1. The van der Waals surface area contributed by atoms with Gasteiger partial charge in [0.2, 0.25) is 5.95 Å². The van der Waals surface area contributed by atoms with Gasteiger partial charge in [0.05, 0.1) is 0 Å². The quantitative estimate of drug-likeness (QED) is 0.700. The summed E-state index contributed by atoms with van der Waals surface area (Å²) in [5.41, 5.74) is 3.88. The van der Waals surface area contributed by atoms with Crippen LogP contribution in [0, 0.1) is 6.92 Å². The number of carbonyl (C=O) groups excluding carboxylic acids is 1. The smallest absolute Gasteiger partial charge is 0.272 e. The molecule has 0 aliphatic rings. The first kappa shape index (κ1) is 18.5. The van der Waals surface area contributed by atoms with Gasteiger partial charge in [-0.3, -0.25) is 9.78 Å². The largest absolute Gasteiger partial charge is 0.350 e. The number of likely N-dealkylation sites (N-methyl/N-ethyl adjacent to an activating group) is 1. The maximum absolute atomic E-state index is 12.6. The number of anilines is 1. The van der Waals surface area contributed by atoms with Crippen LogP contribution in [0.15, 0.2) is 61.1 Å². The molecule has 138 valence electrons. The predicted octanol–water partition coefficient (Wildman–Crippen LogP) is 3.11. The topological polar surface area (TPSA) is 71.0 Å². The Hall–Kier alpha value is -3.28. The lowest BCUT2D eigenvalue weighted by atomic mass is 10.1. The summed E-state index contributed by atoms with van der Waals surface area (Å²) in [7, 11) is 1.78. The number of hydrogen-bond donors (Lipinski definition) is 1. The lowest BCUT2D eigenvalue weighted by Gasteiger charge is -2.17. The van der Waals surface area contributed by atoms with Gasteiger partial charge >= 0.3 is 0 Å². The van der Waals surface area contributed by atoms with Gasteiger partial charge in [-0.25, -0.2) is 9.97 Å². The summed E-state index contributed by atoms with van der Waals surface area (Å²) >= 11 is 0. The van der Waals surface area contributed by atoms with Gasteiger partial charge in [-0.2, -0.15) is 0 Å². The second kappa shape index (κ2) is 8.89. The van der Waals surface area contributed by atoms with Crippen molar-refractivity contribution < 1.29 is 4.79 Å². The molecule has 6 nitrogen and oxygen atoms in total. The van der Waals surface area contributed by atoms with Gasteiger partial charge < -0.3 is 10.2 Å². The Morgan fingerprint density at radius 3 is 2.67 bits per heavy atom. The second-order valence-corrected chi connectivity index (χ2v) is 6.44. The Morgan fingerprint density at radius 1 is 1.07 bits per heavy atom. The zero-order valence-electron chi connectivity index (χ0n) is 15.6. The minimum absolute atomic E-state index is 0.120. The number of aryl methyl sites for hydroxylation is 1. The Kier molecular flexibility index (Phi) is 6.10. The molecule has 2 aromatic heterocycles. The van der Waals surface area contributed by atoms with Crippen LogP contribution >= 0.6 is 0 Å². The number of rotatable bonds is 7. The van der Waals surface area contributed by atoms with Gasteiger partial charge in [0.25, 0.3) is 5.91 Å². The molecule has 1 N–H and O–H groups in total. The zero-order valence-corrected chi connectivity index (χ0v) is 15.6. The van der Waals surface area contributed by atoms with Crippen LogP contribution in [0.4, 0.5) is 5.95 Å². The number of benzene rings is 1. The molecule has 27 heavy (non-hydrogen) atoms. The fourth-order valence-corrected chi connectivity index (χ4v) is 2.71. The Bertz CT molecular complexity index is 898. The molecule has 3 aromatic rings. The molecule has 0 saturated carbocycles. The van der Waals surface area contributed by atoms with Gasteiger partial charge in [0.1, 0.15) is 5.69 Å². The normalized spacial score (nSPS) is 10.4. The maximum Gasteiger partial charge on any atom is 0.272 e. The highest BCUT2D eigenvalue weighted by atomic mass is 16.2. The van der Waals surface area contributed by atoms with E-state index in [1.165, 1.54) is 5.56 Å². The Labute approximate surface area is 159 Å². The van der Waals surface area contributed by atoms with Crippen molar-refractivity contribution in [1.29, 1.82) is 0 Å². The molecule has 0 fully saturated rings. The van der Waals surface area contributed by atoms with Gasteiger partial charge in [0, 0.05) is 38.7 Å². The van der Waals surface area contributed by atoms with Crippen LogP contribution in [0.1, 0.15) is 27.2 Å². The van der Waals surface area contributed by atoms with Crippen molar-refractivity contribution in [3.63, 3.8) is 0 Å². The van der Waals surface area contributed by atoms with E-state index in [1.54, 1.807) is 36.6 Å². The second-order valence-electron chi connectivity index (χ2n) is 6.44. The van der Waals surface area contributed by atoms with Crippen LogP contribution in [-0.2, 0) is 13.0 Å². The van der Waals surface area contributed by atoms with Gasteiger partial charge in [-0.05, 0) is 42.7 Å². The molecule has 0 spiro atoms. The van der Waals surface area contributed by atoms with Crippen LogP contribution < -0.4 is 5.32 Å². The van der Waals surface area contributed by atoms with Gasteiger partial charge in [0.15, 0.2) is 0 Å². The molecule has 6 heteroatoms. The van der Waals surface area contributed by atoms with Crippen LogP contribution in [0.3, 0.4) is 0 Å². The molecule has 0 radical (unpaired) electrons. The first-order valence-corrected chi connectivity index (χ1v) is 8.88. The predicted molar refractivity (Wildman–Crippen MR) is 105 cm³/mol. The summed E-state index contributed by atoms with van der Waals surface area (Å²) in [5, 5.41) is 3.18. The van der Waals surface area contributed by atoms with E-state index in [9.17, 15) is 4.79 Å². The number of carbonyl (C=O) groups is 1. The minimum atomic E-state index is -0.120. The number of amides is 1. The van der Waals surface area contributed by atoms with Crippen molar-refractivity contribution in [2.45, 2.75) is 19.9 Å². The monoisotopic (exact) mass is 361 g/mol. The van der Waals surface area contributed by atoms with E-state index in [2.05, 4.69) is 39.3 Å². The van der Waals surface area contributed by atoms with Crippen molar-refractivity contribution >= 4 is 11.9 Å². The minimum Gasteiger partial charge on any atom is -0.350 e. The third-order valence-electron chi connectivity index (χ3n) is 4.24. The molecule has 3 rings (SSSR count). The molecular weight excluding hydrogens is 338 g/mol. The van der Waals surface area contributed by atoms with E-state index < -0.39 is 0 Å². The van der Waals surface area contributed by atoms with Crippen molar-refractivity contribution in [3.8, 4) is 0 Å². The van der Waals surface area contributed by atoms with Gasteiger partial charge in [-0.15, -0.1) is 0 Å². The molecule has 0 atom stereocenters. The number of aromatic nitrogens is 3. The lowest BCUT2D eigenvalue weighted by Crippen LogP contribution is -2.29. The van der Waals surface area contributed by atoms with Crippen molar-refractivity contribution in [1.82, 2.24) is 19.9 Å². The summed E-state index contributed by atoms with van der Waals surface area (Å²) in [6.07, 6.45) is 5.89. The zero-order chi connectivity index (χ0) is 19.1. The molecular formula is C21H23N5O. The molecule has 0 unspecified atom stereocenters. The Balaban J connectivity index is 1.59. The van der Waals surface area contributed by atoms with E-state index in [0.29, 0.717) is 24.7 Å². The van der Waals surface area contributed by atoms with Crippen LogP contribution in [0.2, 0.25) is 0 Å². The highest BCUT2D eigenvalue weighted by Gasteiger charge is 2.14. The van der Waals surface area contributed by atoms with E-state index in [4.69, 9.17) is 0 Å². The molecule has 0 bridgehead atoms. The van der Waals surface area contributed by atoms with E-state index in [-0.39, 0.29) is 5.91 Å². The highest BCUT2D eigenvalue weighted by molar-refractivity contribution is 5.92. The van der Waals surface area contributed by atoms with Crippen LogP contribution in [0.25, 0.3) is 0 Å². The fourth-order valence-electron chi connectivity index (χ4n) is 2.71. The summed E-state index contributed by atoms with van der Waals surface area (Å²) < 4.78 is 0. The number of pyridine rings is 1. The van der Waals surface area contributed by atoms with Crippen molar-refractivity contribution in [2.24, 2.45) is 0 Å². The lowest BCUT2D eigenvalue weighted by molar-refractivity contribution is 0.0791. The van der Waals surface area contributed by atoms with Crippen molar-refractivity contribution in [2.75, 3.05) is 18.9 Å². The molecule has 0 saturated heterocycles. The van der Waals surface area contributed by atoms with E-state index >= 15 is 0 Å². The summed E-state index contributed by atoms with van der Waals surface area (Å²) in [6.45, 7) is 3.27. The maximum atomic E-state index is 12.6. The number of nitrogens with one attached hydrogen (secondary N) is 1. The average molecular weight is 361 g/mol.